The Morgan fingerprint density at radius 3 is 2.42 bits per heavy atom. The Balaban J connectivity index is 1.86. The number of methoxy groups -OCH3 is 2. The number of halogens is 1. The minimum Gasteiger partial charge on any atom is -0.497 e. The van der Waals surface area contributed by atoms with Crippen molar-refractivity contribution in [3.8, 4) is 11.5 Å². The minimum atomic E-state index is -3.93. The number of sulfonamides is 1. The van der Waals surface area contributed by atoms with Gasteiger partial charge in [-0.25, -0.2) is 8.42 Å². The lowest BCUT2D eigenvalue weighted by Crippen LogP contribution is -2.27. The van der Waals surface area contributed by atoms with Crippen molar-refractivity contribution in [3.05, 3.63) is 82.4 Å². The summed E-state index contributed by atoms with van der Waals surface area (Å²) < 4.78 is 38.9. The van der Waals surface area contributed by atoms with E-state index in [2.05, 4.69) is 10.0 Å². The molecular weight excluding hydrogens is 464 g/mol. The van der Waals surface area contributed by atoms with Crippen LogP contribution >= 0.6 is 11.6 Å². The van der Waals surface area contributed by atoms with Gasteiger partial charge in [-0.2, -0.15) is 0 Å². The Bertz CT molecular complexity index is 1280. The first-order chi connectivity index (χ1) is 15.6. The molecule has 2 N–H and O–H groups in total. The van der Waals surface area contributed by atoms with E-state index in [-0.39, 0.29) is 15.5 Å². The highest BCUT2D eigenvalue weighted by molar-refractivity contribution is 7.92. The van der Waals surface area contributed by atoms with Gasteiger partial charge in [-0.3, -0.25) is 9.52 Å². The van der Waals surface area contributed by atoms with E-state index in [4.69, 9.17) is 21.1 Å². The second kappa shape index (κ2) is 10.1. The summed E-state index contributed by atoms with van der Waals surface area (Å²) in [5, 5.41) is 2.97. The van der Waals surface area contributed by atoms with E-state index in [0.717, 1.165) is 5.56 Å². The van der Waals surface area contributed by atoms with Crippen LogP contribution in [0, 0.1) is 6.92 Å². The Morgan fingerprint density at radius 1 is 1.00 bits per heavy atom. The summed E-state index contributed by atoms with van der Waals surface area (Å²) in [5.74, 6) is 0.665. The van der Waals surface area contributed by atoms with Crippen LogP contribution in [0.1, 0.15) is 34.5 Å². The summed E-state index contributed by atoms with van der Waals surface area (Å²) in [6.45, 7) is 3.64. The van der Waals surface area contributed by atoms with Crippen LogP contribution in [-0.4, -0.2) is 28.5 Å². The number of amides is 1. The number of ether oxygens (including phenoxy) is 2. The summed E-state index contributed by atoms with van der Waals surface area (Å²) in [5.41, 5.74) is 2.08. The van der Waals surface area contributed by atoms with Gasteiger partial charge in [-0.1, -0.05) is 23.7 Å². The van der Waals surface area contributed by atoms with Crippen molar-refractivity contribution in [2.24, 2.45) is 0 Å². The molecule has 3 aromatic carbocycles. The van der Waals surface area contributed by atoms with E-state index < -0.39 is 22.0 Å². The molecule has 33 heavy (non-hydrogen) atoms. The Kier molecular flexibility index (Phi) is 7.50. The summed E-state index contributed by atoms with van der Waals surface area (Å²) in [7, 11) is -0.847. The molecule has 1 amide bonds. The number of carbonyl (C=O) groups excluding carboxylic acids is 1. The molecule has 0 aromatic heterocycles. The molecule has 0 aliphatic carbocycles. The first-order valence-electron chi connectivity index (χ1n) is 10.1. The van der Waals surface area contributed by atoms with Crippen molar-refractivity contribution in [3.63, 3.8) is 0 Å². The summed E-state index contributed by atoms with van der Waals surface area (Å²) in [6, 6.07) is 15.8. The van der Waals surface area contributed by atoms with Crippen molar-refractivity contribution >= 4 is 33.2 Å². The fourth-order valence-corrected chi connectivity index (χ4v) is 4.58. The quantitative estimate of drug-likeness (QED) is 0.467. The highest BCUT2D eigenvalue weighted by atomic mass is 35.5. The number of hydrogen-bond donors (Lipinski definition) is 2. The number of carbonyl (C=O) groups is 1. The summed E-state index contributed by atoms with van der Waals surface area (Å²) >= 11 is 6.24. The van der Waals surface area contributed by atoms with Crippen LogP contribution in [0.2, 0.25) is 5.02 Å². The van der Waals surface area contributed by atoms with Gasteiger partial charge < -0.3 is 14.8 Å². The lowest BCUT2D eigenvalue weighted by molar-refractivity contribution is 0.0939. The Morgan fingerprint density at radius 2 is 1.76 bits per heavy atom. The molecule has 174 valence electrons. The smallest absolute Gasteiger partial charge is 0.261 e. The van der Waals surface area contributed by atoms with E-state index in [1.807, 2.05) is 13.0 Å². The fourth-order valence-electron chi connectivity index (χ4n) is 3.30. The number of anilines is 1. The fraction of sp³-hybridized carbons (Fsp3) is 0.208. The maximum atomic E-state index is 13.0. The molecule has 3 rings (SSSR count). The largest absolute Gasteiger partial charge is 0.497 e. The van der Waals surface area contributed by atoms with Crippen molar-refractivity contribution in [2.45, 2.75) is 24.8 Å². The van der Waals surface area contributed by atoms with Crippen LogP contribution in [0.3, 0.4) is 0 Å². The molecule has 1 atom stereocenters. The van der Waals surface area contributed by atoms with Gasteiger partial charge >= 0.3 is 0 Å². The Hall–Kier alpha value is -3.23. The monoisotopic (exact) mass is 488 g/mol. The van der Waals surface area contributed by atoms with E-state index in [0.29, 0.717) is 22.7 Å². The second-order valence-corrected chi connectivity index (χ2v) is 9.51. The van der Waals surface area contributed by atoms with E-state index in [1.54, 1.807) is 50.4 Å². The first-order valence-corrected chi connectivity index (χ1v) is 11.9. The van der Waals surface area contributed by atoms with Gasteiger partial charge in [0.05, 0.1) is 35.7 Å². The van der Waals surface area contributed by atoms with Gasteiger partial charge in [0.15, 0.2) is 0 Å². The van der Waals surface area contributed by atoms with Crippen molar-refractivity contribution < 1.29 is 22.7 Å². The average Bonchev–Trinajstić information content (AvgIpc) is 2.78. The number of hydrogen-bond acceptors (Lipinski definition) is 5. The molecule has 0 radical (unpaired) electrons. The third-order valence-corrected chi connectivity index (χ3v) is 6.72. The van der Waals surface area contributed by atoms with E-state index >= 15 is 0 Å². The van der Waals surface area contributed by atoms with Gasteiger partial charge in [0.2, 0.25) is 0 Å². The molecular formula is C24H25ClN2O5S. The highest BCUT2D eigenvalue weighted by Crippen LogP contribution is 2.30. The minimum absolute atomic E-state index is 0.0393. The lowest BCUT2D eigenvalue weighted by Gasteiger charge is -2.19. The molecule has 3 aromatic rings. The van der Waals surface area contributed by atoms with Crippen LogP contribution in [0.15, 0.2) is 65.6 Å². The standard InChI is InChI=1S/C24H25ClN2O5S/c1-15-6-5-7-17(12-15)27-33(29,30)19-9-10-22(25)21(14-19)24(28)26-16(2)20-13-18(31-3)8-11-23(20)32-4/h5-14,16,27H,1-4H3,(H,26,28). The molecule has 0 saturated carbocycles. The predicted octanol–water partition coefficient (Wildman–Crippen LogP) is 4.96. The molecule has 7 nitrogen and oxygen atoms in total. The highest BCUT2D eigenvalue weighted by Gasteiger charge is 2.21. The second-order valence-electron chi connectivity index (χ2n) is 7.42. The maximum absolute atomic E-state index is 13.0. The zero-order chi connectivity index (χ0) is 24.2. The van der Waals surface area contributed by atoms with Crippen molar-refractivity contribution in [2.75, 3.05) is 18.9 Å². The molecule has 0 spiro atoms. The zero-order valence-corrected chi connectivity index (χ0v) is 20.3. The molecule has 9 heteroatoms. The summed E-state index contributed by atoms with van der Waals surface area (Å²) in [4.78, 5) is 12.9. The maximum Gasteiger partial charge on any atom is 0.261 e. The third kappa shape index (κ3) is 5.77. The first kappa shape index (κ1) is 24.4. The molecule has 0 aliphatic heterocycles. The van der Waals surface area contributed by atoms with E-state index in [9.17, 15) is 13.2 Å². The van der Waals surface area contributed by atoms with Gasteiger partial charge in [0.25, 0.3) is 15.9 Å². The molecule has 0 fully saturated rings. The van der Waals surface area contributed by atoms with Gasteiger partial charge in [0, 0.05) is 11.3 Å². The predicted molar refractivity (Wildman–Crippen MR) is 129 cm³/mol. The van der Waals surface area contributed by atoms with Gasteiger partial charge in [0.1, 0.15) is 11.5 Å². The molecule has 0 bridgehead atoms. The van der Waals surface area contributed by atoms with Crippen LogP contribution in [-0.2, 0) is 10.0 Å². The van der Waals surface area contributed by atoms with Crippen LogP contribution in [0.25, 0.3) is 0 Å². The van der Waals surface area contributed by atoms with Crippen molar-refractivity contribution in [1.82, 2.24) is 5.32 Å². The van der Waals surface area contributed by atoms with E-state index in [1.165, 1.54) is 25.3 Å². The summed E-state index contributed by atoms with van der Waals surface area (Å²) in [6.07, 6.45) is 0. The molecule has 0 saturated heterocycles. The number of rotatable bonds is 8. The van der Waals surface area contributed by atoms with Crippen LogP contribution < -0.4 is 19.5 Å². The molecule has 1 unspecified atom stereocenters. The number of benzene rings is 3. The Labute approximate surface area is 198 Å². The van der Waals surface area contributed by atoms with Crippen LogP contribution in [0.4, 0.5) is 5.69 Å². The zero-order valence-electron chi connectivity index (χ0n) is 18.7. The SMILES string of the molecule is COc1ccc(OC)c(C(C)NC(=O)c2cc(S(=O)(=O)Nc3cccc(C)c3)ccc2Cl)c1. The molecule has 0 aliphatic rings. The average molecular weight is 489 g/mol. The number of nitrogens with one attached hydrogen (secondary N) is 2. The normalized spacial score (nSPS) is 12.0. The lowest BCUT2D eigenvalue weighted by atomic mass is 10.1. The van der Waals surface area contributed by atoms with Crippen LogP contribution in [0.5, 0.6) is 11.5 Å². The van der Waals surface area contributed by atoms with Gasteiger partial charge in [-0.15, -0.1) is 0 Å². The topological polar surface area (TPSA) is 93.7 Å². The van der Waals surface area contributed by atoms with Crippen molar-refractivity contribution in [1.29, 1.82) is 0 Å². The van der Waals surface area contributed by atoms with Gasteiger partial charge in [-0.05, 0) is 67.9 Å². The number of aryl methyl sites for hydroxylation is 1. The third-order valence-electron chi connectivity index (χ3n) is 5.01. The molecule has 0 heterocycles.